The summed E-state index contributed by atoms with van der Waals surface area (Å²) in [6, 6.07) is 8.57. The van der Waals surface area contributed by atoms with Gasteiger partial charge in [0, 0.05) is 17.6 Å². The number of rotatable bonds is 6. The van der Waals surface area contributed by atoms with E-state index in [9.17, 15) is 9.59 Å². The Morgan fingerprint density at radius 2 is 1.80 bits per heavy atom. The zero-order valence-corrected chi connectivity index (χ0v) is 15.2. The molecular weight excluding hydrogens is 316 g/mol. The largest absolute Gasteiger partial charge is 0.469 e. The lowest BCUT2D eigenvalue weighted by Crippen LogP contribution is -2.39. The molecule has 1 aliphatic heterocycles. The molecule has 2 fully saturated rings. The van der Waals surface area contributed by atoms with Crippen LogP contribution in [0.25, 0.3) is 0 Å². The van der Waals surface area contributed by atoms with Crippen molar-refractivity contribution in [3.05, 3.63) is 29.8 Å². The molecule has 1 aromatic carbocycles. The zero-order chi connectivity index (χ0) is 17.8. The molecule has 0 bridgehead atoms. The number of nitrogens with one attached hydrogen (secondary N) is 1. The molecule has 3 rings (SSSR count). The summed E-state index contributed by atoms with van der Waals surface area (Å²) in [5.41, 5.74) is 1.89. The van der Waals surface area contributed by atoms with Gasteiger partial charge in [0.05, 0.1) is 13.5 Å². The number of carbonyl (C=O) groups is 2. The smallest absolute Gasteiger partial charge is 0.306 e. The van der Waals surface area contributed by atoms with Gasteiger partial charge in [0.2, 0.25) is 5.91 Å². The van der Waals surface area contributed by atoms with Crippen molar-refractivity contribution in [1.82, 2.24) is 4.90 Å². The molecule has 25 heavy (non-hydrogen) atoms. The van der Waals surface area contributed by atoms with Crippen LogP contribution in [0, 0.1) is 5.92 Å². The third-order valence-corrected chi connectivity index (χ3v) is 5.41. The Hall–Kier alpha value is -1.88. The van der Waals surface area contributed by atoms with E-state index in [-0.39, 0.29) is 23.7 Å². The second-order valence-electron chi connectivity index (χ2n) is 7.33. The van der Waals surface area contributed by atoms with E-state index in [0.717, 1.165) is 43.2 Å². The second kappa shape index (κ2) is 8.00. The Bertz CT molecular complexity index is 602. The fourth-order valence-electron chi connectivity index (χ4n) is 3.56. The Labute approximate surface area is 149 Å². The van der Waals surface area contributed by atoms with E-state index in [4.69, 9.17) is 4.74 Å². The third kappa shape index (κ3) is 4.82. The van der Waals surface area contributed by atoms with Crippen LogP contribution in [0.5, 0.6) is 0 Å². The minimum atomic E-state index is -0.206. The van der Waals surface area contributed by atoms with Gasteiger partial charge in [0.15, 0.2) is 0 Å². The number of piperidine rings is 1. The average molecular weight is 344 g/mol. The summed E-state index contributed by atoms with van der Waals surface area (Å²) in [5.74, 6) is 0.144. The molecule has 1 saturated heterocycles. The molecule has 1 atom stereocenters. The van der Waals surface area contributed by atoms with Crippen LogP contribution in [-0.2, 0) is 14.3 Å². The molecular formula is C20H28N2O3. The molecule has 2 aliphatic rings. The van der Waals surface area contributed by atoms with Crippen molar-refractivity contribution in [3.8, 4) is 0 Å². The van der Waals surface area contributed by atoms with Gasteiger partial charge in [-0.15, -0.1) is 0 Å². The lowest BCUT2D eigenvalue weighted by Gasteiger charge is -2.31. The normalized spacial score (nSPS) is 20.1. The maximum absolute atomic E-state index is 12.5. The summed E-state index contributed by atoms with van der Waals surface area (Å²) in [6.45, 7) is 4.09. The summed E-state index contributed by atoms with van der Waals surface area (Å²) < 4.78 is 4.71. The highest BCUT2D eigenvalue weighted by atomic mass is 16.5. The van der Waals surface area contributed by atoms with Crippen molar-refractivity contribution in [3.63, 3.8) is 0 Å². The van der Waals surface area contributed by atoms with Gasteiger partial charge in [0.25, 0.3) is 0 Å². The first kappa shape index (κ1) is 17.9. The van der Waals surface area contributed by atoms with Crippen molar-refractivity contribution in [2.24, 2.45) is 5.92 Å². The van der Waals surface area contributed by atoms with Crippen LogP contribution >= 0.6 is 0 Å². The summed E-state index contributed by atoms with van der Waals surface area (Å²) in [4.78, 5) is 26.4. The van der Waals surface area contributed by atoms with Crippen LogP contribution in [0.2, 0.25) is 0 Å². The van der Waals surface area contributed by atoms with Gasteiger partial charge in [-0.3, -0.25) is 9.59 Å². The van der Waals surface area contributed by atoms with Gasteiger partial charge >= 0.3 is 5.97 Å². The maximum atomic E-state index is 12.5. The van der Waals surface area contributed by atoms with Crippen LogP contribution in [0.1, 0.15) is 50.5 Å². The average Bonchev–Trinajstić information content (AvgIpc) is 3.47. The van der Waals surface area contributed by atoms with Gasteiger partial charge in [-0.1, -0.05) is 19.1 Å². The molecule has 0 unspecified atom stereocenters. The molecule has 1 N–H and O–H groups in total. The molecule has 1 amide bonds. The zero-order valence-electron chi connectivity index (χ0n) is 15.2. The fraction of sp³-hybridized carbons (Fsp3) is 0.600. The molecule has 0 radical (unpaired) electrons. The highest BCUT2D eigenvalue weighted by Gasteiger charge is 2.33. The molecule has 136 valence electrons. The van der Waals surface area contributed by atoms with Crippen molar-refractivity contribution < 1.29 is 14.3 Å². The summed E-state index contributed by atoms with van der Waals surface area (Å²) in [5, 5.41) is 3.04. The molecule has 5 nitrogen and oxygen atoms in total. The highest BCUT2D eigenvalue weighted by molar-refractivity contribution is 5.92. The van der Waals surface area contributed by atoms with Crippen molar-refractivity contribution >= 4 is 17.6 Å². The van der Waals surface area contributed by atoms with Gasteiger partial charge in [0.1, 0.15) is 0 Å². The number of likely N-dealkylation sites (tertiary alicyclic amines) is 1. The number of ether oxygens (including phenoxy) is 1. The lowest BCUT2D eigenvalue weighted by molar-refractivity contribution is -0.141. The Kier molecular flexibility index (Phi) is 5.74. The number of amides is 1. The van der Waals surface area contributed by atoms with E-state index in [2.05, 4.69) is 10.2 Å². The van der Waals surface area contributed by atoms with Crippen LogP contribution in [-0.4, -0.2) is 43.0 Å². The van der Waals surface area contributed by atoms with Crippen molar-refractivity contribution in [2.45, 2.75) is 51.0 Å². The van der Waals surface area contributed by atoms with Gasteiger partial charge in [-0.05, 0) is 62.4 Å². The van der Waals surface area contributed by atoms with Gasteiger partial charge in [-0.25, -0.2) is 0 Å². The van der Waals surface area contributed by atoms with E-state index in [1.54, 1.807) is 0 Å². The highest BCUT2D eigenvalue weighted by Crippen LogP contribution is 2.31. The van der Waals surface area contributed by atoms with Crippen LogP contribution in [0.3, 0.4) is 0 Å². The topological polar surface area (TPSA) is 58.6 Å². The number of esters is 1. The molecule has 0 spiro atoms. The fourth-order valence-corrected chi connectivity index (χ4v) is 3.56. The number of anilines is 1. The Balaban J connectivity index is 1.49. The quantitative estimate of drug-likeness (QED) is 0.805. The summed E-state index contributed by atoms with van der Waals surface area (Å²) in [6.07, 6.45) is 4.93. The number of hydrogen-bond acceptors (Lipinski definition) is 4. The lowest BCUT2D eigenvalue weighted by atomic mass is 9.95. The van der Waals surface area contributed by atoms with E-state index in [0.29, 0.717) is 6.42 Å². The van der Waals surface area contributed by atoms with Crippen LogP contribution in [0.15, 0.2) is 24.3 Å². The van der Waals surface area contributed by atoms with Gasteiger partial charge in [-0.2, -0.15) is 0 Å². The summed E-state index contributed by atoms with van der Waals surface area (Å²) >= 11 is 0. The summed E-state index contributed by atoms with van der Waals surface area (Å²) in [7, 11) is 1.41. The first-order valence-corrected chi connectivity index (χ1v) is 9.28. The van der Waals surface area contributed by atoms with Crippen LogP contribution < -0.4 is 5.32 Å². The predicted molar refractivity (Wildman–Crippen MR) is 97.4 cm³/mol. The second-order valence-corrected chi connectivity index (χ2v) is 7.33. The standard InChI is InChI=1S/C20H28N2O3/c1-14(13-19(23)25-2)15-3-5-17(6-4-15)21-20(24)16-9-11-22(12-10-16)18-7-8-18/h3-6,14,16,18H,7-13H2,1-2H3,(H,21,24)/t14-/m1/s1. The number of benzene rings is 1. The molecule has 0 aromatic heterocycles. The van der Waals surface area contributed by atoms with Gasteiger partial charge < -0.3 is 15.0 Å². The minimum Gasteiger partial charge on any atom is -0.469 e. The third-order valence-electron chi connectivity index (χ3n) is 5.41. The molecule has 1 aromatic rings. The van der Waals surface area contributed by atoms with E-state index < -0.39 is 0 Å². The van der Waals surface area contributed by atoms with E-state index >= 15 is 0 Å². The SMILES string of the molecule is COC(=O)C[C@@H](C)c1ccc(NC(=O)C2CCN(C3CC3)CC2)cc1. The number of nitrogens with zero attached hydrogens (tertiary/aromatic N) is 1. The molecule has 1 saturated carbocycles. The number of carbonyl (C=O) groups excluding carboxylic acids is 2. The molecule has 1 heterocycles. The van der Waals surface area contributed by atoms with E-state index in [1.165, 1.54) is 20.0 Å². The number of hydrogen-bond donors (Lipinski definition) is 1. The number of methoxy groups -OCH3 is 1. The van der Waals surface area contributed by atoms with Crippen molar-refractivity contribution in [1.29, 1.82) is 0 Å². The minimum absolute atomic E-state index is 0.101. The maximum Gasteiger partial charge on any atom is 0.306 e. The molecule has 1 aliphatic carbocycles. The first-order chi connectivity index (χ1) is 12.1. The monoisotopic (exact) mass is 344 g/mol. The van der Waals surface area contributed by atoms with Crippen LogP contribution in [0.4, 0.5) is 5.69 Å². The first-order valence-electron chi connectivity index (χ1n) is 9.28. The van der Waals surface area contributed by atoms with Crippen molar-refractivity contribution in [2.75, 3.05) is 25.5 Å². The Morgan fingerprint density at radius 3 is 2.36 bits per heavy atom. The van der Waals surface area contributed by atoms with E-state index in [1.807, 2.05) is 31.2 Å². The Morgan fingerprint density at radius 1 is 1.16 bits per heavy atom. The predicted octanol–water partition coefficient (Wildman–Crippen LogP) is 3.17. The molecule has 5 heteroatoms.